The van der Waals surface area contributed by atoms with E-state index in [-0.39, 0.29) is 6.10 Å². The van der Waals surface area contributed by atoms with Gasteiger partial charge in [-0.15, -0.1) is 0 Å². The van der Waals surface area contributed by atoms with Crippen molar-refractivity contribution < 1.29 is 5.11 Å². The fraction of sp³-hybridized carbons (Fsp3) is 0.700. The molecular formula is C10H17N3O. The normalized spacial score (nSPS) is 23.2. The van der Waals surface area contributed by atoms with Crippen LogP contribution in [-0.2, 0) is 13.6 Å². The Hall–Kier alpha value is -0.870. The third-order valence-corrected chi connectivity index (χ3v) is 2.76. The van der Waals surface area contributed by atoms with Crippen molar-refractivity contribution in [3.05, 3.63) is 17.5 Å². The molecule has 0 bridgehead atoms. The minimum Gasteiger partial charge on any atom is -0.392 e. The van der Waals surface area contributed by atoms with Crippen LogP contribution in [0.3, 0.4) is 0 Å². The van der Waals surface area contributed by atoms with Gasteiger partial charge in [0.25, 0.3) is 0 Å². The van der Waals surface area contributed by atoms with Crippen LogP contribution in [0.25, 0.3) is 0 Å². The molecule has 1 saturated heterocycles. The lowest BCUT2D eigenvalue weighted by Crippen LogP contribution is -2.21. The van der Waals surface area contributed by atoms with Crippen LogP contribution in [0.1, 0.15) is 17.7 Å². The van der Waals surface area contributed by atoms with E-state index in [4.69, 9.17) is 0 Å². The van der Waals surface area contributed by atoms with Crippen molar-refractivity contribution >= 4 is 0 Å². The number of aromatic nitrogens is 2. The highest BCUT2D eigenvalue weighted by atomic mass is 16.3. The summed E-state index contributed by atoms with van der Waals surface area (Å²) >= 11 is 0. The summed E-state index contributed by atoms with van der Waals surface area (Å²) in [5.74, 6) is 0. The van der Waals surface area contributed by atoms with Gasteiger partial charge in [0.2, 0.25) is 0 Å². The molecule has 4 heteroatoms. The van der Waals surface area contributed by atoms with Crippen LogP contribution in [0.4, 0.5) is 0 Å². The van der Waals surface area contributed by atoms with E-state index >= 15 is 0 Å². The van der Waals surface area contributed by atoms with E-state index in [1.54, 1.807) is 0 Å². The molecule has 0 spiro atoms. The molecule has 0 aliphatic carbocycles. The summed E-state index contributed by atoms with van der Waals surface area (Å²) < 4.78 is 1.84. The molecule has 0 aromatic carbocycles. The maximum atomic E-state index is 9.39. The third kappa shape index (κ3) is 1.96. The average molecular weight is 195 g/mol. The van der Waals surface area contributed by atoms with Crippen LogP contribution in [0.2, 0.25) is 0 Å². The molecule has 1 aromatic heterocycles. The number of nitrogens with zero attached hydrogens (tertiary/aromatic N) is 3. The molecule has 1 aliphatic heterocycles. The first-order valence-corrected chi connectivity index (χ1v) is 5.04. The van der Waals surface area contributed by atoms with Gasteiger partial charge in [-0.05, 0) is 13.3 Å². The van der Waals surface area contributed by atoms with Crippen molar-refractivity contribution in [1.82, 2.24) is 14.7 Å². The topological polar surface area (TPSA) is 41.3 Å². The van der Waals surface area contributed by atoms with Crippen molar-refractivity contribution in [2.24, 2.45) is 7.05 Å². The number of rotatable bonds is 2. The van der Waals surface area contributed by atoms with Gasteiger partial charge in [-0.3, -0.25) is 9.58 Å². The Morgan fingerprint density at radius 2 is 2.43 bits per heavy atom. The van der Waals surface area contributed by atoms with Gasteiger partial charge in [0.1, 0.15) is 0 Å². The summed E-state index contributed by atoms with van der Waals surface area (Å²) in [6.07, 6.45) is 2.83. The van der Waals surface area contributed by atoms with E-state index in [0.717, 1.165) is 31.7 Å². The first-order valence-electron chi connectivity index (χ1n) is 5.04. The molecule has 0 radical (unpaired) electrons. The molecule has 14 heavy (non-hydrogen) atoms. The molecule has 1 atom stereocenters. The van der Waals surface area contributed by atoms with Crippen molar-refractivity contribution in [1.29, 1.82) is 0 Å². The van der Waals surface area contributed by atoms with Gasteiger partial charge < -0.3 is 5.11 Å². The third-order valence-electron chi connectivity index (χ3n) is 2.76. The monoisotopic (exact) mass is 195 g/mol. The number of aryl methyl sites for hydroxylation is 2. The van der Waals surface area contributed by atoms with Crippen molar-refractivity contribution in [3.63, 3.8) is 0 Å². The number of hydrogen-bond acceptors (Lipinski definition) is 3. The second-order valence-corrected chi connectivity index (χ2v) is 4.09. The molecule has 78 valence electrons. The quantitative estimate of drug-likeness (QED) is 0.737. The molecule has 0 amide bonds. The van der Waals surface area contributed by atoms with Gasteiger partial charge in [-0.25, -0.2) is 0 Å². The summed E-state index contributed by atoms with van der Waals surface area (Å²) in [6.45, 7) is 4.74. The van der Waals surface area contributed by atoms with Crippen LogP contribution in [0, 0.1) is 6.92 Å². The van der Waals surface area contributed by atoms with Crippen molar-refractivity contribution in [3.8, 4) is 0 Å². The fourth-order valence-corrected chi connectivity index (χ4v) is 2.00. The average Bonchev–Trinajstić information content (AvgIpc) is 2.61. The maximum Gasteiger partial charge on any atom is 0.0679 e. The van der Waals surface area contributed by atoms with E-state index in [2.05, 4.69) is 16.2 Å². The van der Waals surface area contributed by atoms with E-state index < -0.39 is 0 Å². The summed E-state index contributed by atoms with van der Waals surface area (Å²) in [5.41, 5.74) is 2.36. The molecule has 4 nitrogen and oxygen atoms in total. The van der Waals surface area contributed by atoms with Crippen LogP contribution in [0.5, 0.6) is 0 Å². The first kappa shape index (κ1) is 9.68. The number of aliphatic hydroxyl groups is 1. The Morgan fingerprint density at radius 3 is 2.93 bits per heavy atom. The number of hydrogen-bond donors (Lipinski definition) is 1. The van der Waals surface area contributed by atoms with E-state index in [1.165, 1.54) is 5.56 Å². The summed E-state index contributed by atoms with van der Waals surface area (Å²) in [6, 6.07) is 0. The Morgan fingerprint density at radius 1 is 1.64 bits per heavy atom. The lowest BCUT2D eigenvalue weighted by atomic mass is 10.2. The van der Waals surface area contributed by atoms with Gasteiger partial charge in [0, 0.05) is 38.4 Å². The van der Waals surface area contributed by atoms with E-state index in [9.17, 15) is 5.11 Å². The van der Waals surface area contributed by atoms with Gasteiger partial charge in [0.15, 0.2) is 0 Å². The predicted octanol–water partition coefficient (Wildman–Crippen LogP) is 0.295. The van der Waals surface area contributed by atoms with Crippen LogP contribution >= 0.6 is 0 Å². The lowest BCUT2D eigenvalue weighted by Gasteiger charge is -2.13. The van der Waals surface area contributed by atoms with Crippen LogP contribution < -0.4 is 0 Å². The maximum absolute atomic E-state index is 9.39. The fourth-order valence-electron chi connectivity index (χ4n) is 2.00. The smallest absolute Gasteiger partial charge is 0.0679 e. The summed E-state index contributed by atoms with van der Waals surface area (Å²) in [7, 11) is 1.94. The van der Waals surface area contributed by atoms with Crippen molar-refractivity contribution in [2.75, 3.05) is 13.1 Å². The number of β-amino-alcohol motifs (C(OH)–C–C–N with tert-alkyl or cyclic N) is 1. The Kier molecular flexibility index (Phi) is 2.56. The minimum absolute atomic E-state index is 0.132. The van der Waals surface area contributed by atoms with Gasteiger partial charge in [-0.2, -0.15) is 5.10 Å². The van der Waals surface area contributed by atoms with Gasteiger partial charge >= 0.3 is 0 Å². The van der Waals surface area contributed by atoms with Crippen LogP contribution in [0.15, 0.2) is 6.20 Å². The molecule has 0 saturated carbocycles. The summed E-state index contributed by atoms with van der Waals surface area (Å²) in [5, 5.41) is 13.7. The Bertz CT molecular complexity index is 321. The molecule has 2 rings (SSSR count). The minimum atomic E-state index is -0.132. The molecule has 2 heterocycles. The Labute approximate surface area is 84.1 Å². The van der Waals surface area contributed by atoms with E-state index in [1.807, 2.05) is 18.7 Å². The van der Waals surface area contributed by atoms with Gasteiger partial charge in [0.05, 0.1) is 11.8 Å². The summed E-state index contributed by atoms with van der Waals surface area (Å²) in [4.78, 5) is 2.27. The predicted molar refractivity (Wildman–Crippen MR) is 53.8 cm³/mol. The molecule has 0 unspecified atom stereocenters. The number of likely N-dealkylation sites (tertiary alicyclic amines) is 1. The SMILES string of the molecule is Cc1nn(C)cc1CN1CC[C@@H](O)C1. The van der Waals surface area contributed by atoms with Crippen LogP contribution in [-0.4, -0.2) is 39.0 Å². The zero-order valence-corrected chi connectivity index (χ0v) is 8.77. The largest absolute Gasteiger partial charge is 0.392 e. The molecule has 1 fully saturated rings. The molecular weight excluding hydrogens is 178 g/mol. The van der Waals surface area contributed by atoms with Crippen molar-refractivity contribution in [2.45, 2.75) is 26.0 Å². The highest BCUT2D eigenvalue weighted by molar-refractivity contribution is 5.15. The highest BCUT2D eigenvalue weighted by Crippen LogP contribution is 2.14. The zero-order valence-electron chi connectivity index (χ0n) is 8.77. The molecule has 1 aliphatic rings. The highest BCUT2D eigenvalue weighted by Gasteiger charge is 2.20. The Balaban J connectivity index is 2.00. The lowest BCUT2D eigenvalue weighted by molar-refractivity contribution is 0.174. The molecule has 1 aromatic rings. The standard InChI is InChI=1S/C10H17N3O/c1-8-9(5-12(2)11-8)6-13-4-3-10(14)7-13/h5,10,14H,3-4,6-7H2,1-2H3/t10-/m1/s1. The number of aliphatic hydroxyl groups excluding tert-OH is 1. The van der Waals surface area contributed by atoms with E-state index in [0.29, 0.717) is 0 Å². The second-order valence-electron chi connectivity index (χ2n) is 4.09. The molecule has 1 N–H and O–H groups in total. The second kappa shape index (κ2) is 3.71. The first-order chi connectivity index (χ1) is 6.65. The van der Waals surface area contributed by atoms with Gasteiger partial charge in [-0.1, -0.05) is 0 Å². The zero-order chi connectivity index (χ0) is 10.1.